The van der Waals surface area contributed by atoms with Crippen LogP contribution in [-0.4, -0.2) is 90.6 Å². The van der Waals surface area contributed by atoms with Crippen LogP contribution in [0.1, 0.15) is 20.8 Å². The molecular formula is C44H50ClN5O11. The molecule has 5 aromatic rings. The van der Waals surface area contributed by atoms with Gasteiger partial charge in [0.05, 0.1) is 39.6 Å². The third-order valence-corrected chi connectivity index (χ3v) is 9.40. The monoisotopic (exact) mass is 859 g/mol. The van der Waals surface area contributed by atoms with Crippen molar-refractivity contribution in [2.75, 3.05) is 105 Å². The Morgan fingerprint density at radius 1 is 0.590 bits per heavy atom. The van der Waals surface area contributed by atoms with E-state index in [9.17, 15) is 19.2 Å². The minimum atomic E-state index is -0.562. The van der Waals surface area contributed by atoms with Crippen molar-refractivity contribution < 1.29 is 37.0 Å². The van der Waals surface area contributed by atoms with E-state index in [1.165, 1.54) is 36.4 Å². The summed E-state index contributed by atoms with van der Waals surface area (Å²) in [6, 6.07) is 23.0. The molecule has 6 heterocycles. The maximum atomic E-state index is 12.1. The number of morpholine rings is 3. The van der Waals surface area contributed by atoms with E-state index < -0.39 is 11.7 Å². The molecule has 3 aliphatic rings. The van der Waals surface area contributed by atoms with Crippen molar-refractivity contribution in [1.82, 2.24) is 0 Å². The number of hydrogen-bond acceptors (Lipinski definition) is 15. The Labute approximate surface area is 357 Å². The number of anilines is 5. The Kier molecular flexibility index (Phi) is 15.3. The van der Waals surface area contributed by atoms with Gasteiger partial charge < -0.3 is 52.6 Å². The minimum Gasteiger partial charge on any atom is -0.444 e. The summed E-state index contributed by atoms with van der Waals surface area (Å²) in [5.74, 6) is 2.68. The van der Waals surface area contributed by atoms with E-state index >= 15 is 0 Å². The van der Waals surface area contributed by atoms with E-state index in [-0.39, 0.29) is 21.5 Å². The standard InChI is InChI=1S/C20H24N2O5.C15H16N2O3.C9H10ClNO3/c1-20(2,3)27-19(24)21-15-6-4-14(5-7-15)17-12-16(23)13-18(26-17)22-8-10-25-11-9-22;16-12-3-1-11(2-4-12)14-9-13(18)10-15(20-14)17-5-7-19-8-6-17;10-8-5-7(12)6-9(14-8)11-1-3-13-4-2-11/h4-7,12-13H,8-11H2,1-3H3,(H,21,24);1-4,9-10H,5-8,16H2;5-6H,1-4H2. The fraction of sp³-hybridized carbons (Fsp3) is 0.364. The molecule has 2 aromatic carbocycles. The Bertz CT molecular complexity index is 2380. The average molecular weight is 860 g/mol. The second kappa shape index (κ2) is 20.9. The largest absolute Gasteiger partial charge is 0.444 e. The first-order valence-corrected chi connectivity index (χ1v) is 20.2. The Balaban J connectivity index is 0.000000161. The number of rotatable bonds is 6. The van der Waals surface area contributed by atoms with Crippen LogP contribution in [0.25, 0.3) is 22.6 Å². The highest BCUT2D eigenvalue weighted by molar-refractivity contribution is 6.28. The van der Waals surface area contributed by atoms with Gasteiger partial charge in [-0.2, -0.15) is 0 Å². The van der Waals surface area contributed by atoms with Crippen LogP contribution in [0, 0.1) is 0 Å². The van der Waals surface area contributed by atoms with Gasteiger partial charge in [-0.3, -0.25) is 19.7 Å². The quantitative estimate of drug-likeness (QED) is 0.180. The molecule has 3 N–H and O–H groups in total. The molecule has 3 fully saturated rings. The van der Waals surface area contributed by atoms with Gasteiger partial charge in [-0.15, -0.1) is 0 Å². The molecule has 16 nitrogen and oxygen atoms in total. The van der Waals surface area contributed by atoms with E-state index in [4.69, 9.17) is 49.5 Å². The Morgan fingerprint density at radius 2 is 0.967 bits per heavy atom. The van der Waals surface area contributed by atoms with Crippen LogP contribution >= 0.6 is 11.6 Å². The highest BCUT2D eigenvalue weighted by Gasteiger charge is 2.19. The van der Waals surface area contributed by atoms with Gasteiger partial charge in [0.1, 0.15) is 17.1 Å². The lowest BCUT2D eigenvalue weighted by Gasteiger charge is -2.27. The molecule has 0 atom stereocenters. The summed E-state index contributed by atoms with van der Waals surface area (Å²) >= 11 is 5.64. The van der Waals surface area contributed by atoms with Gasteiger partial charge in [-0.25, -0.2) is 4.79 Å². The fourth-order valence-corrected chi connectivity index (χ4v) is 6.44. The molecule has 0 spiro atoms. The first-order chi connectivity index (χ1) is 29.3. The molecule has 324 valence electrons. The van der Waals surface area contributed by atoms with Crippen LogP contribution in [0.4, 0.5) is 33.8 Å². The van der Waals surface area contributed by atoms with E-state index in [0.29, 0.717) is 93.3 Å². The molecule has 8 rings (SSSR count). The fourth-order valence-electron chi connectivity index (χ4n) is 6.25. The Morgan fingerprint density at radius 3 is 1.36 bits per heavy atom. The van der Waals surface area contributed by atoms with Crippen molar-refractivity contribution in [2.45, 2.75) is 26.4 Å². The lowest BCUT2D eigenvalue weighted by molar-refractivity contribution is 0.0636. The van der Waals surface area contributed by atoms with Crippen molar-refractivity contribution in [3.05, 3.63) is 121 Å². The summed E-state index contributed by atoms with van der Waals surface area (Å²) in [5.41, 5.74) is 7.65. The molecule has 3 aromatic heterocycles. The summed E-state index contributed by atoms with van der Waals surface area (Å²) in [7, 11) is 0. The number of hydrogen-bond donors (Lipinski definition) is 2. The number of nitrogens with two attached hydrogens (primary N) is 1. The lowest BCUT2D eigenvalue weighted by atomic mass is 10.1. The number of nitrogens with one attached hydrogen (secondary N) is 1. The van der Waals surface area contributed by atoms with E-state index in [2.05, 4.69) is 5.32 Å². The van der Waals surface area contributed by atoms with Crippen molar-refractivity contribution in [1.29, 1.82) is 0 Å². The molecule has 3 saturated heterocycles. The number of nitrogens with zero attached hydrogens (tertiary/aromatic N) is 3. The zero-order valence-corrected chi connectivity index (χ0v) is 35.1. The first kappa shape index (κ1) is 44.5. The van der Waals surface area contributed by atoms with Gasteiger partial charge in [-0.1, -0.05) is 0 Å². The van der Waals surface area contributed by atoms with Crippen LogP contribution < -0.4 is 42.0 Å². The molecule has 3 aliphatic heterocycles. The highest BCUT2D eigenvalue weighted by Crippen LogP contribution is 2.27. The van der Waals surface area contributed by atoms with Crippen molar-refractivity contribution in [2.24, 2.45) is 0 Å². The molecule has 0 radical (unpaired) electrons. The minimum absolute atomic E-state index is 0.0652. The van der Waals surface area contributed by atoms with Crippen molar-refractivity contribution in [3.63, 3.8) is 0 Å². The number of benzene rings is 2. The van der Waals surface area contributed by atoms with Gasteiger partial charge in [0, 0.05) is 98.2 Å². The summed E-state index contributed by atoms with van der Waals surface area (Å²) in [4.78, 5) is 52.9. The summed E-state index contributed by atoms with van der Waals surface area (Å²) in [6.07, 6.45) is -0.518. The number of amides is 1. The maximum Gasteiger partial charge on any atom is 0.412 e. The third kappa shape index (κ3) is 13.7. The van der Waals surface area contributed by atoms with Gasteiger partial charge >= 0.3 is 6.09 Å². The predicted octanol–water partition coefficient (Wildman–Crippen LogP) is 6.35. The predicted molar refractivity (Wildman–Crippen MR) is 234 cm³/mol. The first-order valence-electron chi connectivity index (χ1n) is 19.8. The Hall–Kier alpha value is -6.07. The average Bonchev–Trinajstić information content (AvgIpc) is 3.24. The SMILES string of the molecule is CC(C)(C)OC(=O)Nc1ccc(-c2cc(=O)cc(N3CCOCC3)o2)cc1.Nc1ccc(-c2cc(=O)cc(N3CCOCC3)o2)cc1.O=c1cc(Cl)oc(N2CCOCC2)c1. The summed E-state index contributed by atoms with van der Waals surface area (Å²) in [6.45, 7) is 13.5. The summed E-state index contributed by atoms with van der Waals surface area (Å²) in [5, 5.41) is 2.80. The summed E-state index contributed by atoms with van der Waals surface area (Å²) < 4.78 is 38.1. The molecule has 0 unspecified atom stereocenters. The number of carbonyl (C=O) groups excluding carboxylic acids is 1. The lowest BCUT2D eigenvalue weighted by Crippen LogP contribution is -2.36. The molecule has 17 heteroatoms. The van der Waals surface area contributed by atoms with E-state index in [1.807, 2.05) is 26.8 Å². The number of ether oxygens (including phenoxy) is 4. The second-order valence-corrected chi connectivity index (χ2v) is 15.4. The topological polar surface area (TPSA) is 192 Å². The normalized spacial score (nSPS) is 15.4. The highest BCUT2D eigenvalue weighted by atomic mass is 35.5. The molecular weight excluding hydrogens is 810 g/mol. The number of halogens is 1. The van der Waals surface area contributed by atoms with E-state index in [0.717, 1.165) is 37.3 Å². The molecule has 0 bridgehead atoms. The third-order valence-electron chi connectivity index (χ3n) is 9.21. The smallest absolute Gasteiger partial charge is 0.412 e. The zero-order chi connectivity index (χ0) is 43.4. The number of nitrogen functional groups attached to an aromatic ring is 1. The number of carbonyl (C=O) groups is 1. The van der Waals surface area contributed by atoms with Crippen molar-refractivity contribution >= 4 is 46.7 Å². The van der Waals surface area contributed by atoms with E-state index in [1.54, 1.807) is 57.2 Å². The van der Waals surface area contributed by atoms with Gasteiger partial charge in [0.2, 0.25) is 5.88 Å². The second-order valence-electron chi connectivity index (χ2n) is 15.1. The molecule has 61 heavy (non-hydrogen) atoms. The van der Waals surface area contributed by atoms with Crippen LogP contribution in [-0.2, 0) is 18.9 Å². The molecule has 0 saturated carbocycles. The van der Waals surface area contributed by atoms with Gasteiger partial charge in [-0.05, 0) is 80.9 Å². The van der Waals surface area contributed by atoms with Gasteiger partial charge in [0.15, 0.2) is 33.3 Å². The van der Waals surface area contributed by atoms with Crippen LogP contribution in [0.2, 0.25) is 5.22 Å². The zero-order valence-electron chi connectivity index (χ0n) is 34.4. The molecule has 0 aliphatic carbocycles. The van der Waals surface area contributed by atoms with Crippen molar-refractivity contribution in [3.8, 4) is 22.6 Å². The molecule has 1 amide bonds. The van der Waals surface area contributed by atoms with Gasteiger partial charge in [0.25, 0.3) is 0 Å². The van der Waals surface area contributed by atoms with Crippen LogP contribution in [0.3, 0.4) is 0 Å². The van der Waals surface area contributed by atoms with Crippen LogP contribution in [0.5, 0.6) is 0 Å². The van der Waals surface area contributed by atoms with Crippen LogP contribution in [0.15, 0.2) is 113 Å². The maximum absolute atomic E-state index is 12.1.